The molecule has 0 saturated carbocycles. The number of hydrogen-bond acceptors (Lipinski definition) is 7. The van der Waals surface area contributed by atoms with Crippen molar-refractivity contribution in [1.82, 2.24) is 20.3 Å². The molecule has 7 heteroatoms. The van der Waals surface area contributed by atoms with Crippen molar-refractivity contribution < 1.29 is 9.84 Å². The van der Waals surface area contributed by atoms with E-state index in [1.165, 1.54) is 0 Å². The minimum absolute atomic E-state index is 0.211. The molecule has 0 amide bonds. The topological polar surface area (TPSA) is 92.2 Å². The number of likely N-dealkylation sites (N-methyl/N-ethyl adjacent to an activating group) is 1. The first kappa shape index (κ1) is 19.7. The van der Waals surface area contributed by atoms with Crippen molar-refractivity contribution in [2.45, 2.75) is 13.0 Å². The number of pyridine rings is 1. The zero-order valence-corrected chi connectivity index (χ0v) is 16.3. The van der Waals surface area contributed by atoms with Crippen LogP contribution in [0.3, 0.4) is 0 Å². The molecule has 7 nitrogen and oxygen atoms in total. The fourth-order valence-electron chi connectivity index (χ4n) is 2.89. The third kappa shape index (κ3) is 4.62. The SMILES string of the molecule is CNCC(O)COc1cccc(-c2nc(NC)c(C)c(-c3ccncc3)n2)c1. The quantitative estimate of drug-likeness (QED) is 0.554. The number of rotatable bonds is 8. The predicted molar refractivity (Wildman–Crippen MR) is 110 cm³/mol. The molecule has 1 atom stereocenters. The molecule has 0 aliphatic rings. The van der Waals surface area contributed by atoms with Crippen molar-refractivity contribution in [3.05, 3.63) is 54.4 Å². The molecule has 0 bridgehead atoms. The van der Waals surface area contributed by atoms with Gasteiger partial charge in [-0.3, -0.25) is 4.98 Å². The number of benzene rings is 1. The monoisotopic (exact) mass is 379 g/mol. The van der Waals surface area contributed by atoms with Gasteiger partial charge in [-0.15, -0.1) is 0 Å². The van der Waals surface area contributed by atoms with Gasteiger partial charge in [-0.05, 0) is 38.2 Å². The van der Waals surface area contributed by atoms with Gasteiger partial charge in [0.1, 0.15) is 24.3 Å². The maximum absolute atomic E-state index is 9.83. The molecule has 146 valence electrons. The highest BCUT2D eigenvalue weighted by Crippen LogP contribution is 2.29. The van der Waals surface area contributed by atoms with Gasteiger partial charge in [0, 0.05) is 42.7 Å². The van der Waals surface area contributed by atoms with Crippen molar-refractivity contribution in [1.29, 1.82) is 0 Å². The fraction of sp³-hybridized carbons (Fsp3) is 0.286. The summed E-state index contributed by atoms with van der Waals surface area (Å²) in [6.07, 6.45) is 2.93. The van der Waals surface area contributed by atoms with Crippen LogP contribution in [0.5, 0.6) is 5.75 Å². The largest absolute Gasteiger partial charge is 0.491 e. The van der Waals surface area contributed by atoms with Gasteiger partial charge in [-0.1, -0.05) is 12.1 Å². The lowest BCUT2D eigenvalue weighted by Crippen LogP contribution is -2.29. The van der Waals surface area contributed by atoms with Gasteiger partial charge in [0.2, 0.25) is 0 Å². The van der Waals surface area contributed by atoms with Gasteiger partial charge in [-0.25, -0.2) is 9.97 Å². The molecule has 0 fully saturated rings. The molecular formula is C21H25N5O2. The Morgan fingerprint density at radius 3 is 2.57 bits per heavy atom. The summed E-state index contributed by atoms with van der Waals surface area (Å²) in [5, 5.41) is 15.9. The highest BCUT2D eigenvalue weighted by atomic mass is 16.5. The van der Waals surface area contributed by atoms with E-state index in [4.69, 9.17) is 9.72 Å². The van der Waals surface area contributed by atoms with Crippen LogP contribution < -0.4 is 15.4 Å². The highest BCUT2D eigenvalue weighted by molar-refractivity contribution is 5.72. The van der Waals surface area contributed by atoms with Crippen LogP contribution in [0, 0.1) is 6.92 Å². The van der Waals surface area contributed by atoms with Crippen molar-refractivity contribution in [3.8, 4) is 28.4 Å². The minimum atomic E-state index is -0.571. The first-order chi connectivity index (χ1) is 13.6. The number of hydrogen-bond donors (Lipinski definition) is 3. The highest BCUT2D eigenvalue weighted by Gasteiger charge is 2.14. The first-order valence-corrected chi connectivity index (χ1v) is 9.15. The molecule has 2 heterocycles. The van der Waals surface area contributed by atoms with Crippen molar-refractivity contribution in [2.24, 2.45) is 0 Å². The van der Waals surface area contributed by atoms with Crippen LogP contribution in [0.25, 0.3) is 22.6 Å². The number of ether oxygens (including phenoxy) is 1. The van der Waals surface area contributed by atoms with E-state index in [9.17, 15) is 5.11 Å². The maximum Gasteiger partial charge on any atom is 0.162 e. The van der Waals surface area contributed by atoms with E-state index in [2.05, 4.69) is 20.6 Å². The summed E-state index contributed by atoms with van der Waals surface area (Å²) in [4.78, 5) is 13.5. The van der Waals surface area contributed by atoms with Gasteiger partial charge in [0.25, 0.3) is 0 Å². The summed E-state index contributed by atoms with van der Waals surface area (Å²) in [7, 11) is 3.64. The van der Waals surface area contributed by atoms with Crippen LogP contribution in [0.1, 0.15) is 5.56 Å². The van der Waals surface area contributed by atoms with Crippen molar-refractivity contribution >= 4 is 5.82 Å². The van der Waals surface area contributed by atoms with E-state index in [1.54, 1.807) is 19.4 Å². The number of aliphatic hydroxyl groups is 1. The Morgan fingerprint density at radius 2 is 1.86 bits per heavy atom. The summed E-state index contributed by atoms with van der Waals surface area (Å²) in [6, 6.07) is 11.4. The summed E-state index contributed by atoms with van der Waals surface area (Å²) in [6.45, 7) is 2.68. The maximum atomic E-state index is 9.83. The lowest BCUT2D eigenvalue weighted by molar-refractivity contribution is 0.108. The van der Waals surface area contributed by atoms with Crippen LogP contribution in [0.4, 0.5) is 5.82 Å². The van der Waals surface area contributed by atoms with E-state index in [1.807, 2.05) is 50.4 Å². The zero-order chi connectivity index (χ0) is 19.9. The number of nitrogens with zero attached hydrogens (tertiary/aromatic N) is 3. The number of nitrogens with one attached hydrogen (secondary N) is 2. The van der Waals surface area contributed by atoms with Gasteiger partial charge in [-0.2, -0.15) is 0 Å². The molecule has 3 N–H and O–H groups in total. The van der Waals surface area contributed by atoms with Crippen molar-refractivity contribution in [2.75, 3.05) is 32.6 Å². The van der Waals surface area contributed by atoms with E-state index in [0.29, 0.717) is 18.1 Å². The molecule has 3 aromatic rings. The Bertz CT molecular complexity index is 918. The first-order valence-electron chi connectivity index (χ1n) is 9.15. The van der Waals surface area contributed by atoms with E-state index in [0.717, 1.165) is 28.2 Å². The Balaban J connectivity index is 1.94. The van der Waals surface area contributed by atoms with E-state index < -0.39 is 6.10 Å². The molecule has 1 aromatic carbocycles. The van der Waals surface area contributed by atoms with Crippen LogP contribution in [0.15, 0.2) is 48.8 Å². The summed E-state index contributed by atoms with van der Waals surface area (Å²) < 4.78 is 5.71. The molecule has 0 spiro atoms. The third-order valence-electron chi connectivity index (χ3n) is 4.31. The molecule has 0 aliphatic carbocycles. The molecule has 0 saturated heterocycles. The molecular weight excluding hydrogens is 354 g/mol. The molecule has 0 radical (unpaired) electrons. The lowest BCUT2D eigenvalue weighted by Gasteiger charge is -2.14. The smallest absolute Gasteiger partial charge is 0.162 e. The Morgan fingerprint density at radius 1 is 1.07 bits per heavy atom. The summed E-state index contributed by atoms with van der Waals surface area (Å²) in [5.41, 5.74) is 3.65. The standard InChI is InChI=1S/C21H25N5O2/c1-14-19(15-7-9-24-10-8-15)25-21(26-20(14)23-3)16-5-4-6-18(11-16)28-13-17(27)12-22-2/h4-11,17,22,27H,12-13H2,1-3H3,(H,23,25,26). The predicted octanol–water partition coefficient (Wildman–Crippen LogP) is 2.51. The van der Waals surface area contributed by atoms with Crippen molar-refractivity contribution in [3.63, 3.8) is 0 Å². The second-order valence-electron chi connectivity index (χ2n) is 6.41. The van der Waals surface area contributed by atoms with E-state index >= 15 is 0 Å². The van der Waals surface area contributed by atoms with Gasteiger partial charge < -0.3 is 20.5 Å². The molecule has 28 heavy (non-hydrogen) atoms. The average molecular weight is 379 g/mol. The van der Waals surface area contributed by atoms with Crippen LogP contribution in [0.2, 0.25) is 0 Å². The van der Waals surface area contributed by atoms with Gasteiger partial charge in [0.05, 0.1) is 5.69 Å². The fourth-order valence-corrected chi connectivity index (χ4v) is 2.89. The zero-order valence-electron chi connectivity index (χ0n) is 16.3. The lowest BCUT2D eigenvalue weighted by atomic mass is 10.1. The Labute approximate surface area is 164 Å². The number of aliphatic hydroxyl groups excluding tert-OH is 1. The summed E-state index contributed by atoms with van der Waals surface area (Å²) in [5.74, 6) is 2.03. The number of aromatic nitrogens is 3. The van der Waals surface area contributed by atoms with Gasteiger partial charge >= 0.3 is 0 Å². The second kappa shape index (κ2) is 9.25. The molecule has 1 unspecified atom stereocenters. The number of anilines is 1. The second-order valence-corrected chi connectivity index (χ2v) is 6.41. The van der Waals surface area contributed by atoms with E-state index in [-0.39, 0.29) is 6.61 Å². The Hall–Kier alpha value is -3.03. The van der Waals surface area contributed by atoms with Crippen LogP contribution >= 0.6 is 0 Å². The van der Waals surface area contributed by atoms with Crippen LogP contribution in [-0.4, -0.2) is 53.4 Å². The van der Waals surface area contributed by atoms with Crippen LogP contribution in [-0.2, 0) is 0 Å². The molecule has 0 aliphatic heterocycles. The molecule has 2 aromatic heterocycles. The normalized spacial score (nSPS) is 11.9. The molecule has 3 rings (SSSR count). The van der Waals surface area contributed by atoms with Gasteiger partial charge in [0.15, 0.2) is 5.82 Å². The Kier molecular flexibility index (Phi) is 6.52. The minimum Gasteiger partial charge on any atom is -0.491 e. The summed E-state index contributed by atoms with van der Waals surface area (Å²) >= 11 is 0. The average Bonchev–Trinajstić information content (AvgIpc) is 2.73. The third-order valence-corrected chi connectivity index (χ3v) is 4.31.